The Bertz CT molecular complexity index is 931. The first-order valence-corrected chi connectivity index (χ1v) is 10.6. The van der Waals surface area contributed by atoms with Crippen molar-refractivity contribution < 1.29 is 13.2 Å². The van der Waals surface area contributed by atoms with Gasteiger partial charge in [0, 0.05) is 32.4 Å². The monoisotopic (exact) mass is 387 g/mol. The van der Waals surface area contributed by atoms with Crippen LogP contribution in [0, 0.1) is 13.8 Å². The second kappa shape index (κ2) is 7.78. The minimum absolute atomic E-state index is 0.0434. The molecule has 7 heteroatoms. The fraction of sp³-hybridized carbons (Fsp3) is 0.400. The van der Waals surface area contributed by atoms with Crippen molar-refractivity contribution >= 4 is 15.7 Å². The van der Waals surface area contributed by atoms with Crippen molar-refractivity contribution in [2.75, 3.05) is 32.7 Å². The van der Waals surface area contributed by atoms with E-state index in [0.29, 0.717) is 18.7 Å². The predicted molar refractivity (Wildman–Crippen MR) is 104 cm³/mol. The molecule has 3 rings (SSSR count). The summed E-state index contributed by atoms with van der Waals surface area (Å²) in [5, 5.41) is -0.0434. The third kappa shape index (κ3) is 4.04. The van der Waals surface area contributed by atoms with Crippen molar-refractivity contribution in [2.24, 2.45) is 0 Å². The molecule has 6 nitrogen and oxygen atoms in total. The predicted octanol–water partition coefficient (Wildman–Crippen LogP) is 2.31. The Labute approximate surface area is 160 Å². The Balaban J connectivity index is 1.78. The topological polar surface area (TPSA) is 70.6 Å². The Morgan fingerprint density at radius 3 is 2.30 bits per heavy atom. The standard InChI is InChI=1S/C20H25N3O3S/c1-4-22-9-11-23(12-10-22)20(24)17-6-8-19(21-14-17)27(25,26)18-7-5-15(2)16(3)13-18/h5-8,13-14H,4,9-12H2,1-3H3. The quantitative estimate of drug-likeness (QED) is 0.805. The number of amides is 1. The van der Waals surface area contributed by atoms with E-state index >= 15 is 0 Å². The molecule has 144 valence electrons. The Morgan fingerprint density at radius 2 is 1.74 bits per heavy atom. The average Bonchev–Trinajstić information content (AvgIpc) is 2.69. The molecular weight excluding hydrogens is 362 g/mol. The lowest BCUT2D eigenvalue weighted by Gasteiger charge is -2.34. The molecule has 1 amide bonds. The van der Waals surface area contributed by atoms with Crippen LogP contribution in [0.15, 0.2) is 46.5 Å². The highest BCUT2D eigenvalue weighted by atomic mass is 32.2. The summed E-state index contributed by atoms with van der Waals surface area (Å²) in [7, 11) is -3.70. The molecular formula is C20H25N3O3S. The number of pyridine rings is 1. The SMILES string of the molecule is CCN1CCN(C(=O)c2ccc(S(=O)(=O)c3ccc(C)c(C)c3)nc2)CC1. The van der Waals surface area contributed by atoms with Crippen LogP contribution in [-0.4, -0.2) is 61.8 Å². The molecule has 1 saturated heterocycles. The number of hydrogen-bond acceptors (Lipinski definition) is 5. The zero-order chi connectivity index (χ0) is 19.6. The molecule has 1 fully saturated rings. The van der Waals surface area contributed by atoms with Gasteiger partial charge in [-0.1, -0.05) is 13.0 Å². The smallest absolute Gasteiger partial charge is 0.255 e. The highest BCUT2D eigenvalue weighted by Gasteiger charge is 2.23. The largest absolute Gasteiger partial charge is 0.336 e. The molecule has 0 saturated carbocycles. The van der Waals surface area contributed by atoms with Gasteiger partial charge >= 0.3 is 0 Å². The second-order valence-electron chi connectivity index (χ2n) is 6.86. The fourth-order valence-corrected chi connectivity index (χ4v) is 4.38. The van der Waals surface area contributed by atoms with E-state index in [0.717, 1.165) is 30.8 Å². The summed E-state index contributed by atoms with van der Waals surface area (Å²) < 4.78 is 25.6. The third-order valence-corrected chi connectivity index (χ3v) is 6.82. The van der Waals surface area contributed by atoms with Gasteiger partial charge in [0.1, 0.15) is 0 Å². The van der Waals surface area contributed by atoms with Crippen molar-refractivity contribution in [3.63, 3.8) is 0 Å². The van der Waals surface area contributed by atoms with Crippen molar-refractivity contribution in [1.29, 1.82) is 0 Å². The molecule has 27 heavy (non-hydrogen) atoms. The van der Waals surface area contributed by atoms with Gasteiger partial charge in [0.15, 0.2) is 5.03 Å². The molecule has 0 atom stereocenters. The molecule has 1 aromatic carbocycles. The van der Waals surface area contributed by atoms with E-state index in [2.05, 4.69) is 16.8 Å². The van der Waals surface area contributed by atoms with Gasteiger partial charge < -0.3 is 9.80 Å². The summed E-state index contributed by atoms with van der Waals surface area (Å²) >= 11 is 0. The van der Waals surface area contributed by atoms with E-state index in [1.807, 2.05) is 13.8 Å². The molecule has 1 aliphatic heterocycles. The number of sulfone groups is 1. The number of piperazine rings is 1. The summed E-state index contributed by atoms with van der Waals surface area (Å²) in [6.07, 6.45) is 1.36. The van der Waals surface area contributed by atoms with Crippen LogP contribution in [-0.2, 0) is 9.84 Å². The molecule has 1 aliphatic rings. The van der Waals surface area contributed by atoms with Gasteiger partial charge in [0.05, 0.1) is 10.5 Å². The molecule has 2 heterocycles. The van der Waals surface area contributed by atoms with Crippen molar-refractivity contribution in [3.8, 4) is 0 Å². The van der Waals surface area contributed by atoms with E-state index in [1.54, 1.807) is 29.2 Å². The van der Waals surface area contributed by atoms with Crippen LogP contribution >= 0.6 is 0 Å². The number of likely N-dealkylation sites (N-methyl/N-ethyl adjacent to an activating group) is 1. The van der Waals surface area contributed by atoms with Gasteiger partial charge in [-0.05, 0) is 55.8 Å². The Kier molecular flexibility index (Phi) is 5.62. The number of benzene rings is 1. The summed E-state index contributed by atoms with van der Waals surface area (Å²) in [5.74, 6) is -0.103. The maximum Gasteiger partial charge on any atom is 0.255 e. The van der Waals surface area contributed by atoms with Gasteiger partial charge in [-0.2, -0.15) is 0 Å². The van der Waals surface area contributed by atoms with Gasteiger partial charge in [-0.3, -0.25) is 4.79 Å². The zero-order valence-electron chi connectivity index (χ0n) is 16.0. The van der Waals surface area contributed by atoms with Crippen LogP contribution in [0.1, 0.15) is 28.4 Å². The van der Waals surface area contributed by atoms with E-state index in [1.165, 1.54) is 12.3 Å². The van der Waals surface area contributed by atoms with Gasteiger partial charge in [-0.25, -0.2) is 13.4 Å². The molecule has 0 spiro atoms. The number of aryl methyl sites for hydroxylation is 2. The number of nitrogens with zero attached hydrogens (tertiary/aromatic N) is 3. The first-order chi connectivity index (χ1) is 12.8. The molecule has 0 unspecified atom stereocenters. The lowest BCUT2D eigenvalue weighted by molar-refractivity contribution is 0.0643. The number of hydrogen-bond donors (Lipinski definition) is 0. The van der Waals surface area contributed by atoms with Crippen LogP contribution < -0.4 is 0 Å². The molecule has 0 radical (unpaired) electrons. The van der Waals surface area contributed by atoms with E-state index < -0.39 is 9.84 Å². The van der Waals surface area contributed by atoms with Crippen molar-refractivity contribution in [2.45, 2.75) is 30.7 Å². The van der Waals surface area contributed by atoms with Crippen LogP contribution in [0.4, 0.5) is 0 Å². The lowest BCUT2D eigenvalue weighted by Crippen LogP contribution is -2.48. The first-order valence-electron chi connectivity index (χ1n) is 9.13. The summed E-state index contributed by atoms with van der Waals surface area (Å²) in [4.78, 5) is 21.0. The Morgan fingerprint density at radius 1 is 1.04 bits per heavy atom. The molecule has 0 N–H and O–H groups in total. The van der Waals surface area contributed by atoms with Crippen LogP contribution in [0.2, 0.25) is 0 Å². The summed E-state index contributed by atoms with van der Waals surface area (Å²) in [6, 6.07) is 8.00. The van der Waals surface area contributed by atoms with E-state index in [9.17, 15) is 13.2 Å². The summed E-state index contributed by atoms with van der Waals surface area (Å²) in [6.45, 7) is 9.96. The fourth-order valence-electron chi connectivity index (χ4n) is 3.12. The minimum Gasteiger partial charge on any atom is -0.336 e. The first kappa shape index (κ1) is 19.5. The molecule has 1 aromatic heterocycles. The molecule has 0 bridgehead atoms. The average molecular weight is 388 g/mol. The van der Waals surface area contributed by atoms with E-state index in [4.69, 9.17) is 0 Å². The van der Waals surface area contributed by atoms with Crippen LogP contribution in [0.3, 0.4) is 0 Å². The normalized spacial score (nSPS) is 15.7. The van der Waals surface area contributed by atoms with Gasteiger partial charge in [-0.15, -0.1) is 0 Å². The number of carbonyl (C=O) groups is 1. The minimum atomic E-state index is -3.70. The Hall–Kier alpha value is -2.25. The van der Waals surface area contributed by atoms with Gasteiger partial charge in [0.2, 0.25) is 9.84 Å². The second-order valence-corrected chi connectivity index (χ2v) is 8.76. The number of carbonyl (C=O) groups excluding carboxylic acids is 1. The van der Waals surface area contributed by atoms with Crippen molar-refractivity contribution in [1.82, 2.24) is 14.8 Å². The third-order valence-electron chi connectivity index (χ3n) is 5.15. The highest BCUT2D eigenvalue weighted by molar-refractivity contribution is 7.91. The lowest BCUT2D eigenvalue weighted by atomic mass is 10.1. The van der Waals surface area contributed by atoms with Crippen LogP contribution in [0.5, 0.6) is 0 Å². The molecule has 0 aliphatic carbocycles. The maximum atomic E-state index is 12.8. The number of rotatable bonds is 4. The van der Waals surface area contributed by atoms with Gasteiger partial charge in [0.25, 0.3) is 5.91 Å². The summed E-state index contributed by atoms with van der Waals surface area (Å²) in [5.41, 5.74) is 2.36. The highest BCUT2D eigenvalue weighted by Crippen LogP contribution is 2.22. The van der Waals surface area contributed by atoms with Crippen molar-refractivity contribution in [3.05, 3.63) is 53.2 Å². The molecule has 2 aromatic rings. The zero-order valence-corrected chi connectivity index (χ0v) is 16.8. The van der Waals surface area contributed by atoms with E-state index in [-0.39, 0.29) is 15.8 Å². The maximum absolute atomic E-state index is 12.8. The number of aromatic nitrogens is 1. The van der Waals surface area contributed by atoms with Crippen LogP contribution in [0.25, 0.3) is 0 Å².